The molecule has 3 nitrogen and oxygen atoms in total. The number of carboxylic acid groups (broad SMARTS) is 1. The highest BCUT2D eigenvalue weighted by molar-refractivity contribution is 5.94. The molecule has 0 aromatic heterocycles. The minimum atomic E-state index is -0.905. The summed E-state index contributed by atoms with van der Waals surface area (Å²) in [5, 5.41) is 12.4. The van der Waals surface area contributed by atoms with Gasteiger partial charge in [0.2, 0.25) is 0 Å². The van der Waals surface area contributed by atoms with Gasteiger partial charge in [0.1, 0.15) is 0 Å². The zero-order valence-electron chi connectivity index (χ0n) is 15.1. The maximum Gasteiger partial charge on any atom is 0.337 e. The van der Waals surface area contributed by atoms with E-state index in [-0.39, 0.29) is 0 Å². The molecule has 3 heteroatoms. The minimum absolute atomic E-state index is 0.308. The van der Waals surface area contributed by atoms with Gasteiger partial charge in [0.15, 0.2) is 0 Å². The molecule has 0 radical (unpaired) electrons. The van der Waals surface area contributed by atoms with E-state index in [1.54, 1.807) is 18.2 Å². The Bertz CT molecular complexity index is 649. The lowest BCUT2D eigenvalue weighted by atomic mass is 10.0. The molecule has 0 saturated heterocycles. The van der Waals surface area contributed by atoms with E-state index in [0.717, 1.165) is 12.0 Å². The number of hydrogen-bond donors (Lipinski definition) is 2. The predicted molar refractivity (Wildman–Crippen MR) is 104 cm³/mol. The first-order valence-electron chi connectivity index (χ1n) is 9.34. The fraction of sp³-hybridized carbons (Fsp3) is 0.409. The van der Waals surface area contributed by atoms with Crippen molar-refractivity contribution >= 4 is 11.7 Å². The van der Waals surface area contributed by atoms with Gasteiger partial charge in [-0.2, -0.15) is 0 Å². The van der Waals surface area contributed by atoms with Crippen molar-refractivity contribution in [2.45, 2.75) is 58.4 Å². The van der Waals surface area contributed by atoms with Crippen LogP contribution in [0.4, 0.5) is 5.69 Å². The van der Waals surface area contributed by atoms with Gasteiger partial charge in [-0.15, -0.1) is 0 Å². The van der Waals surface area contributed by atoms with Crippen LogP contribution in [-0.2, 0) is 13.0 Å². The maximum absolute atomic E-state index is 11.2. The molecule has 0 amide bonds. The molecule has 0 bridgehead atoms. The zero-order valence-corrected chi connectivity index (χ0v) is 15.1. The lowest BCUT2D eigenvalue weighted by molar-refractivity contribution is 0.0698. The normalized spacial score (nSPS) is 10.6. The van der Waals surface area contributed by atoms with Gasteiger partial charge in [-0.05, 0) is 36.1 Å². The number of para-hydroxylation sites is 1. The van der Waals surface area contributed by atoms with Crippen molar-refractivity contribution in [2.75, 3.05) is 5.32 Å². The van der Waals surface area contributed by atoms with Crippen molar-refractivity contribution in [3.63, 3.8) is 0 Å². The molecule has 25 heavy (non-hydrogen) atoms. The second kappa shape index (κ2) is 10.5. The molecule has 2 N–H and O–H groups in total. The summed E-state index contributed by atoms with van der Waals surface area (Å²) < 4.78 is 0. The maximum atomic E-state index is 11.2. The van der Waals surface area contributed by atoms with Gasteiger partial charge < -0.3 is 10.4 Å². The van der Waals surface area contributed by atoms with Gasteiger partial charge in [0.25, 0.3) is 0 Å². The second-order valence-electron chi connectivity index (χ2n) is 6.54. The summed E-state index contributed by atoms with van der Waals surface area (Å²) >= 11 is 0. The van der Waals surface area contributed by atoms with Gasteiger partial charge in [-0.3, -0.25) is 0 Å². The first-order valence-corrected chi connectivity index (χ1v) is 9.34. The fourth-order valence-corrected chi connectivity index (χ4v) is 2.95. The van der Waals surface area contributed by atoms with E-state index in [0.29, 0.717) is 17.8 Å². The van der Waals surface area contributed by atoms with Gasteiger partial charge in [0, 0.05) is 12.2 Å². The number of anilines is 1. The third-order valence-electron chi connectivity index (χ3n) is 4.48. The molecule has 2 rings (SSSR count). The summed E-state index contributed by atoms with van der Waals surface area (Å²) in [6, 6.07) is 15.6. The van der Waals surface area contributed by atoms with E-state index in [1.807, 2.05) is 6.07 Å². The van der Waals surface area contributed by atoms with Gasteiger partial charge >= 0.3 is 5.97 Å². The highest BCUT2D eigenvalue weighted by Crippen LogP contribution is 2.17. The molecule has 0 aliphatic rings. The standard InChI is InChI=1S/C22H29NO2/c1-2-3-4-5-6-7-10-18-13-15-19(16-14-18)17-23-21-12-9-8-11-20(21)22(24)25/h8-9,11-16,23H,2-7,10,17H2,1H3,(H,24,25). The van der Waals surface area contributed by atoms with Crippen LogP contribution in [0.1, 0.15) is 66.9 Å². The lowest BCUT2D eigenvalue weighted by Gasteiger charge is -2.10. The van der Waals surface area contributed by atoms with Crippen LogP contribution in [0.5, 0.6) is 0 Å². The summed E-state index contributed by atoms with van der Waals surface area (Å²) in [6.07, 6.45) is 9.07. The van der Waals surface area contributed by atoms with Crippen molar-refractivity contribution in [3.05, 3.63) is 65.2 Å². The van der Waals surface area contributed by atoms with Crippen LogP contribution in [0.25, 0.3) is 0 Å². The topological polar surface area (TPSA) is 49.3 Å². The largest absolute Gasteiger partial charge is 0.478 e. The Balaban J connectivity index is 1.78. The number of unbranched alkanes of at least 4 members (excludes halogenated alkanes) is 5. The summed E-state index contributed by atoms with van der Waals surface area (Å²) in [5.41, 5.74) is 3.51. The van der Waals surface area contributed by atoms with Gasteiger partial charge in [-0.25, -0.2) is 4.79 Å². The average molecular weight is 339 g/mol. The Morgan fingerprint density at radius 3 is 2.24 bits per heavy atom. The molecule has 134 valence electrons. The lowest BCUT2D eigenvalue weighted by Crippen LogP contribution is -2.06. The predicted octanol–water partition coefficient (Wildman–Crippen LogP) is 5.90. The monoisotopic (exact) mass is 339 g/mol. The Kier molecular flexibility index (Phi) is 8.03. The molecule has 0 unspecified atom stereocenters. The molecule has 0 aliphatic carbocycles. The summed E-state index contributed by atoms with van der Waals surface area (Å²) in [5.74, 6) is -0.905. The molecule has 0 atom stereocenters. The molecular formula is C22H29NO2. The minimum Gasteiger partial charge on any atom is -0.478 e. The Morgan fingerprint density at radius 1 is 0.880 bits per heavy atom. The number of nitrogens with one attached hydrogen (secondary N) is 1. The van der Waals surface area contributed by atoms with E-state index in [9.17, 15) is 9.90 Å². The smallest absolute Gasteiger partial charge is 0.337 e. The van der Waals surface area contributed by atoms with Crippen LogP contribution in [0, 0.1) is 0 Å². The Hall–Kier alpha value is -2.29. The number of aryl methyl sites for hydroxylation is 1. The molecule has 2 aromatic rings. The Morgan fingerprint density at radius 2 is 1.52 bits per heavy atom. The molecular weight excluding hydrogens is 310 g/mol. The van der Waals surface area contributed by atoms with E-state index >= 15 is 0 Å². The molecule has 0 heterocycles. The molecule has 0 aliphatic heterocycles. The SMILES string of the molecule is CCCCCCCCc1ccc(CNc2ccccc2C(=O)O)cc1. The first kappa shape index (κ1) is 19.0. The van der Waals surface area contributed by atoms with E-state index in [1.165, 1.54) is 44.1 Å². The van der Waals surface area contributed by atoms with Crippen LogP contribution in [0.15, 0.2) is 48.5 Å². The number of benzene rings is 2. The Labute approximate surface area is 151 Å². The van der Waals surface area contributed by atoms with Crippen molar-refractivity contribution in [3.8, 4) is 0 Å². The van der Waals surface area contributed by atoms with Crippen LogP contribution < -0.4 is 5.32 Å². The molecule has 0 spiro atoms. The second-order valence-corrected chi connectivity index (χ2v) is 6.54. The third-order valence-corrected chi connectivity index (χ3v) is 4.48. The van der Waals surface area contributed by atoms with Crippen molar-refractivity contribution in [1.29, 1.82) is 0 Å². The highest BCUT2D eigenvalue weighted by Gasteiger charge is 2.08. The van der Waals surface area contributed by atoms with Crippen molar-refractivity contribution in [2.24, 2.45) is 0 Å². The number of carbonyl (C=O) groups is 1. The quantitative estimate of drug-likeness (QED) is 0.501. The highest BCUT2D eigenvalue weighted by atomic mass is 16.4. The van der Waals surface area contributed by atoms with E-state index in [4.69, 9.17) is 0 Å². The molecule has 0 fully saturated rings. The number of rotatable bonds is 11. The number of aromatic carboxylic acids is 1. The summed E-state index contributed by atoms with van der Waals surface area (Å²) in [7, 11) is 0. The molecule has 2 aromatic carbocycles. The van der Waals surface area contributed by atoms with Crippen molar-refractivity contribution < 1.29 is 9.90 Å². The zero-order chi connectivity index (χ0) is 17.9. The van der Waals surface area contributed by atoms with E-state index < -0.39 is 5.97 Å². The molecule has 0 saturated carbocycles. The van der Waals surface area contributed by atoms with Crippen LogP contribution >= 0.6 is 0 Å². The fourth-order valence-electron chi connectivity index (χ4n) is 2.95. The number of carboxylic acids is 1. The first-order chi connectivity index (χ1) is 12.2. The summed E-state index contributed by atoms with van der Waals surface area (Å²) in [6.45, 7) is 2.87. The van der Waals surface area contributed by atoms with Crippen LogP contribution in [-0.4, -0.2) is 11.1 Å². The average Bonchev–Trinajstić information content (AvgIpc) is 2.64. The summed E-state index contributed by atoms with van der Waals surface area (Å²) in [4.78, 5) is 11.2. The van der Waals surface area contributed by atoms with Crippen LogP contribution in [0.3, 0.4) is 0 Å². The van der Waals surface area contributed by atoms with Gasteiger partial charge in [0.05, 0.1) is 5.56 Å². The number of hydrogen-bond acceptors (Lipinski definition) is 2. The van der Waals surface area contributed by atoms with E-state index in [2.05, 4.69) is 36.5 Å². The van der Waals surface area contributed by atoms with Crippen molar-refractivity contribution in [1.82, 2.24) is 0 Å². The third kappa shape index (κ3) is 6.61. The van der Waals surface area contributed by atoms with Crippen LogP contribution in [0.2, 0.25) is 0 Å². The van der Waals surface area contributed by atoms with Gasteiger partial charge in [-0.1, -0.05) is 75.4 Å².